The van der Waals surface area contributed by atoms with Gasteiger partial charge in [0.15, 0.2) is 0 Å². The molecule has 14 heavy (non-hydrogen) atoms. The number of aliphatic hydroxyl groups is 1. The van der Waals surface area contributed by atoms with E-state index >= 15 is 0 Å². The van der Waals surface area contributed by atoms with Gasteiger partial charge in [-0.15, -0.1) is 11.8 Å². The van der Waals surface area contributed by atoms with Gasteiger partial charge in [0.2, 0.25) is 0 Å². The second kappa shape index (κ2) is 4.24. The lowest BCUT2D eigenvalue weighted by atomic mass is 10.3. The number of hydrogen-bond acceptors (Lipinski definition) is 3. The second-order valence-electron chi connectivity index (χ2n) is 3.62. The molecule has 1 aromatic rings. The van der Waals surface area contributed by atoms with Crippen LogP contribution in [0.1, 0.15) is 19.3 Å². The van der Waals surface area contributed by atoms with Crippen LogP contribution in [0.25, 0.3) is 0 Å². The Morgan fingerprint density at radius 1 is 1.21 bits per heavy atom. The Hall–Kier alpha value is -0.670. The summed E-state index contributed by atoms with van der Waals surface area (Å²) in [4.78, 5) is 0.874. The van der Waals surface area contributed by atoms with Crippen molar-refractivity contribution in [3.8, 4) is 5.75 Å². The number of hydrogen-bond donors (Lipinski definition) is 2. The molecule has 0 amide bonds. The number of phenolic OH excluding ortho intramolecular Hbond substituents is 1. The molecule has 2 nitrogen and oxygen atoms in total. The van der Waals surface area contributed by atoms with Crippen molar-refractivity contribution in [3.05, 3.63) is 24.3 Å². The molecule has 1 aromatic carbocycles. The van der Waals surface area contributed by atoms with Gasteiger partial charge in [0.25, 0.3) is 0 Å². The average Bonchev–Trinajstić information content (AvgIpc) is 2.56. The van der Waals surface area contributed by atoms with E-state index < -0.39 is 0 Å². The lowest BCUT2D eigenvalue weighted by molar-refractivity contribution is 0.188. The third-order valence-corrected chi connectivity index (χ3v) is 4.01. The predicted molar refractivity (Wildman–Crippen MR) is 57.6 cm³/mol. The van der Waals surface area contributed by atoms with E-state index in [9.17, 15) is 10.2 Å². The van der Waals surface area contributed by atoms with E-state index in [1.807, 2.05) is 18.2 Å². The highest BCUT2D eigenvalue weighted by atomic mass is 32.2. The van der Waals surface area contributed by atoms with Crippen molar-refractivity contribution in [2.24, 2.45) is 0 Å². The monoisotopic (exact) mass is 210 g/mol. The lowest BCUT2D eigenvalue weighted by Gasteiger charge is -2.14. The Morgan fingerprint density at radius 3 is 2.64 bits per heavy atom. The zero-order chi connectivity index (χ0) is 9.97. The molecular formula is C11H14O2S. The van der Waals surface area contributed by atoms with E-state index in [0.717, 1.165) is 24.2 Å². The molecule has 1 aliphatic rings. The Bertz CT molecular complexity index is 314. The van der Waals surface area contributed by atoms with Gasteiger partial charge in [0, 0.05) is 10.1 Å². The van der Waals surface area contributed by atoms with Crippen molar-refractivity contribution in [1.82, 2.24) is 0 Å². The minimum atomic E-state index is -0.209. The normalized spacial score (nSPS) is 26.6. The van der Waals surface area contributed by atoms with Crippen molar-refractivity contribution in [3.63, 3.8) is 0 Å². The van der Waals surface area contributed by atoms with Gasteiger partial charge < -0.3 is 10.2 Å². The van der Waals surface area contributed by atoms with Crippen LogP contribution in [0, 0.1) is 0 Å². The number of rotatable bonds is 2. The van der Waals surface area contributed by atoms with Crippen molar-refractivity contribution < 1.29 is 10.2 Å². The Balaban J connectivity index is 2.07. The summed E-state index contributed by atoms with van der Waals surface area (Å²) in [5, 5.41) is 19.4. The van der Waals surface area contributed by atoms with Crippen LogP contribution in [-0.4, -0.2) is 21.6 Å². The summed E-state index contributed by atoms with van der Waals surface area (Å²) in [5.41, 5.74) is 0. The lowest BCUT2D eigenvalue weighted by Crippen LogP contribution is -2.14. The first-order valence-electron chi connectivity index (χ1n) is 4.90. The molecular weight excluding hydrogens is 196 g/mol. The zero-order valence-corrected chi connectivity index (χ0v) is 8.70. The molecule has 2 rings (SSSR count). The maximum absolute atomic E-state index is 9.64. The van der Waals surface area contributed by atoms with Crippen LogP contribution in [0.5, 0.6) is 5.75 Å². The van der Waals surface area contributed by atoms with Crippen molar-refractivity contribution in [2.45, 2.75) is 35.5 Å². The molecule has 0 bridgehead atoms. The molecule has 2 atom stereocenters. The number of para-hydroxylation sites is 1. The minimum absolute atomic E-state index is 0.209. The Kier molecular flexibility index (Phi) is 2.99. The summed E-state index contributed by atoms with van der Waals surface area (Å²) >= 11 is 1.59. The van der Waals surface area contributed by atoms with E-state index in [-0.39, 0.29) is 11.4 Å². The molecule has 0 saturated heterocycles. The molecule has 2 N–H and O–H groups in total. The molecule has 1 aliphatic carbocycles. The average molecular weight is 210 g/mol. The van der Waals surface area contributed by atoms with Crippen LogP contribution < -0.4 is 0 Å². The molecule has 0 aliphatic heterocycles. The molecule has 2 unspecified atom stereocenters. The third kappa shape index (κ3) is 2.04. The van der Waals surface area contributed by atoms with E-state index in [2.05, 4.69) is 0 Å². The van der Waals surface area contributed by atoms with Gasteiger partial charge in [-0.2, -0.15) is 0 Å². The fourth-order valence-electron chi connectivity index (χ4n) is 1.76. The third-order valence-electron chi connectivity index (χ3n) is 2.56. The highest BCUT2D eigenvalue weighted by Crippen LogP contribution is 2.38. The van der Waals surface area contributed by atoms with Crippen LogP contribution >= 0.6 is 11.8 Å². The summed E-state index contributed by atoms with van der Waals surface area (Å²) in [6.07, 6.45) is 2.82. The highest BCUT2D eigenvalue weighted by Gasteiger charge is 2.26. The smallest absolute Gasteiger partial charge is 0.129 e. The standard InChI is InChI=1S/C11H14O2S/c12-8-4-1-2-6-10(8)14-11-7-3-5-9(11)13/h1-2,4,6,9,11-13H,3,5,7H2. The topological polar surface area (TPSA) is 40.5 Å². The van der Waals surface area contributed by atoms with Crippen molar-refractivity contribution in [1.29, 1.82) is 0 Å². The van der Waals surface area contributed by atoms with Gasteiger partial charge in [-0.05, 0) is 31.4 Å². The number of thioether (sulfide) groups is 1. The second-order valence-corrected chi connectivity index (χ2v) is 4.90. The molecule has 0 heterocycles. The van der Waals surface area contributed by atoms with E-state index in [4.69, 9.17) is 0 Å². The number of aliphatic hydroxyl groups excluding tert-OH is 1. The number of benzene rings is 1. The van der Waals surface area contributed by atoms with Gasteiger partial charge in [-0.25, -0.2) is 0 Å². The summed E-state index contributed by atoms with van der Waals surface area (Å²) in [6.45, 7) is 0. The maximum Gasteiger partial charge on any atom is 0.129 e. The first-order valence-corrected chi connectivity index (χ1v) is 5.78. The molecule has 76 valence electrons. The van der Waals surface area contributed by atoms with Gasteiger partial charge in [0.1, 0.15) is 5.75 Å². The SMILES string of the molecule is Oc1ccccc1SC1CCCC1O. The molecule has 1 fully saturated rings. The van der Waals surface area contributed by atoms with Gasteiger partial charge in [0.05, 0.1) is 6.10 Å². The van der Waals surface area contributed by atoms with Crippen LogP contribution in [0.15, 0.2) is 29.2 Å². The molecule has 1 saturated carbocycles. The first kappa shape index (κ1) is 9.87. The van der Waals surface area contributed by atoms with Crippen molar-refractivity contribution >= 4 is 11.8 Å². The quantitative estimate of drug-likeness (QED) is 0.787. The van der Waals surface area contributed by atoms with E-state index in [1.165, 1.54) is 0 Å². The summed E-state index contributed by atoms with van der Waals surface area (Å²) < 4.78 is 0. The number of phenols is 1. The maximum atomic E-state index is 9.64. The van der Waals surface area contributed by atoms with Crippen molar-refractivity contribution in [2.75, 3.05) is 0 Å². The summed E-state index contributed by atoms with van der Waals surface area (Å²) in [5.74, 6) is 0.316. The van der Waals surface area contributed by atoms with Gasteiger partial charge in [-0.1, -0.05) is 12.1 Å². The Morgan fingerprint density at radius 2 is 2.00 bits per heavy atom. The summed E-state index contributed by atoms with van der Waals surface area (Å²) in [6, 6.07) is 7.29. The van der Waals surface area contributed by atoms with E-state index in [0.29, 0.717) is 5.75 Å². The van der Waals surface area contributed by atoms with Crippen LogP contribution in [-0.2, 0) is 0 Å². The zero-order valence-electron chi connectivity index (χ0n) is 7.89. The van der Waals surface area contributed by atoms with Gasteiger partial charge in [-0.3, -0.25) is 0 Å². The molecule has 0 radical (unpaired) electrons. The summed E-state index contributed by atoms with van der Waals surface area (Å²) in [7, 11) is 0. The molecule has 3 heteroatoms. The minimum Gasteiger partial charge on any atom is -0.507 e. The van der Waals surface area contributed by atoms with Crippen LogP contribution in [0.4, 0.5) is 0 Å². The number of aromatic hydroxyl groups is 1. The largest absolute Gasteiger partial charge is 0.507 e. The highest BCUT2D eigenvalue weighted by molar-refractivity contribution is 8.00. The molecule has 0 aromatic heterocycles. The fraction of sp³-hybridized carbons (Fsp3) is 0.455. The van der Waals surface area contributed by atoms with Gasteiger partial charge >= 0.3 is 0 Å². The Labute approximate surface area is 88.0 Å². The predicted octanol–water partition coefficient (Wildman–Crippen LogP) is 2.40. The van der Waals surface area contributed by atoms with Crippen LogP contribution in [0.3, 0.4) is 0 Å². The molecule has 0 spiro atoms. The fourth-order valence-corrected chi connectivity index (χ4v) is 3.01. The van der Waals surface area contributed by atoms with E-state index in [1.54, 1.807) is 17.8 Å². The van der Waals surface area contributed by atoms with Crippen LogP contribution in [0.2, 0.25) is 0 Å². The first-order chi connectivity index (χ1) is 6.77.